The highest BCUT2D eigenvalue weighted by atomic mass is 15.0. The van der Waals surface area contributed by atoms with Gasteiger partial charge in [0.25, 0.3) is 0 Å². The van der Waals surface area contributed by atoms with Crippen LogP contribution < -0.4 is 5.73 Å². The van der Waals surface area contributed by atoms with E-state index in [1.165, 1.54) is 23.4 Å². The highest BCUT2D eigenvalue weighted by molar-refractivity contribution is 5.35. The van der Waals surface area contributed by atoms with E-state index in [1.807, 2.05) is 0 Å². The first-order chi connectivity index (χ1) is 7.00. The Morgan fingerprint density at radius 3 is 2.53 bits per heavy atom. The molecule has 2 N–H and O–H groups in total. The highest BCUT2D eigenvalue weighted by Crippen LogP contribution is 2.41. The fraction of sp³-hybridized carbons (Fsp3) is 0.692. The quantitative estimate of drug-likeness (QED) is 0.809. The Morgan fingerprint density at radius 2 is 2.07 bits per heavy atom. The fourth-order valence-electron chi connectivity index (χ4n) is 2.42. The van der Waals surface area contributed by atoms with Gasteiger partial charge in [-0.1, -0.05) is 13.8 Å². The van der Waals surface area contributed by atoms with E-state index < -0.39 is 0 Å². The van der Waals surface area contributed by atoms with Crippen LogP contribution in [0.4, 0.5) is 0 Å². The molecule has 84 valence electrons. The minimum Gasteiger partial charge on any atom is -0.349 e. The molecule has 0 amide bonds. The lowest BCUT2D eigenvalue weighted by atomic mass is 10.1. The summed E-state index contributed by atoms with van der Waals surface area (Å²) in [5.74, 6) is 1.34. The maximum atomic E-state index is 5.92. The second kappa shape index (κ2) is 3.67. The summed E-state index contributed by atoms with van der Waals surface area (Å²) < 4.78 is 2.44. The van der Waals surface area contributed by atoms with Gasteiger partial charge in [-0.3, -0.25) is 0 Å². The summed E-state index contributed by atoms with van der Waals surface area (Å²) in [6.45, 7) is 10.1. The molecule has 2 rings (SSSR count). The van der Waals surface area contributed by atoms with E-state index in [0.29, 0.717) is 17.9 Å². The molecule has 2 nitrogen and oxygen atoms in total. The van der Waals surface area contributed by atoms with Crippen molar-refractivity contribution in [3.05, 3.63) is 23.0 Å². The highest BCUT2D eigenvalue weighted by Gasteiger charge is 2.37. The molecule has 0 radical (unpaired) electrons. The van der Waals surface area contributed by atoms with Crippen molar-refractivity contribution >= 4 is 0 Å². The zero-order chi connectivity index (χ0) is 11.2. The van der Waals surface area contributed by atoms with Gasteiger partial charge in [0.1, 0.15) is 0 Å². The number of nitrogens with zero attached hydrogens (tertiary/aromatic N) is 1. The Hall–Kier alpha value is -0.760. The van der Waals surface area contributed by atoms with Crippen LogP contribution in [0.1, 0.15) is 43.1 Å². The number of aryl methyl sites for hydroxylation is 1. The standard InChI is InChI=1S/C13H22N2/c1-8(2)7-15-9(3)5-11(10(15)4)12-6-13(12)14/h5,8,12-13H,6-7,14H2,1-4H3/t12-,13+/m0/s1. The minimum atomic E-state index is 0.415. The molecule has 1 aromatic heterocycles. The molecule has 0 unspecified atom stereocenters. The first kappa shape index (κ1) is 10.7. The van der Waals surface area contributed by atoms with Gasteiger partial charge in [0.15, 0.2) is 0 Å². The van der Waals surface area contributed by atoms with Crippen LogP contribution in [0, 0.1) is 19.8 Å². The molecular weight excluding hydrogens is 184 g/mol. The first-order valence-electron chi connectivity index (χ1n) is 5.93. The molecule has 1 heterocycles. The van der Waals surface area contributed by atoms with Gasteiger partial charge in [-0.25, -0.2) is 0 Å². The number of hydrogen-bond donors (Lipinski definition) is 1. The van der Waals surface area contributed by atoms with E-state index in [0.717, 1.165) is 6.54 Å². The average molecular weight is 206 g/mol. The molecule has 0 spiro atoms. The molecule has 2 heteroatoms. The van der Waals surface area contributed by atoms with Crippen molar-refractivity contribution in [1.82, 2.24) is 4.57 Å². The molecule has 1 aromatic rings. The average Bonchev–Trinajstić information content (AvgIpc) is 2.79. The summed E-state index contributed by atoms with van der Waals surface area (Å²) in [6.07, 6.45) is 1.17. The largest absolute Gasteiger partial charge is 0.349 e. The van der Waals surface area contributed by atoms with E-state index in [9.17, 15) is 0 Å². The molecule has 0 saturated heterocycles. The monoisotopic (exact) mass is 206 g/mol. The normalized spacial score (nSPS) is 24.9. The second-order valence-electron chi connectivity index (χ2n) is 5.34. The lowest BCUT2D eigenvalue weighted by molar-refractivity contribution is 0.508. The van der Waals surface area contributed by atoms with Gasteiger partial charge in [0, 0.05) is 29.9 Å². The second-order valence-corrected chi connectivity index (χ2v) is 5.34. The predicted octanol–water partition coefficient (Wildman–Crippen LogP) is 2.58. The fourth-order valence-corrected chi connectivity index (χ4v) is 2.42. The van der Waals surface area contributed by atoms with Crippen molar-refractivity contribution in [3.63, 3.8) is 0 Å². The Bertz CT molecular complexity index is 363. The van der Waals surface area contributed by atoms with Crippen LogP contribution in [0.2, 0.25) is 0 Å². The van der Waals surface area contributed by atoms with Gasteiger partial charge in [0.2, 0.25) is 0 Å². The van der Waals surface area contributed by atoms with Crippen LogP contribution in [0.5, 0.6) is 0 Å². The molecular formula is C13H22N2. The third-order valence-corrected chi connectivity index (χ3v) is 3.40. The van der Waals surface area contributed by atoms with Crippen molar-refractivity contribution < 1.29 is 0 Å². The van der Waals surface area contributed by atoms with Crippen LogP contribution in [0.25, 0.3) is 0 Å². The summed E-state index contributed by atoms with van der Waals surface area (Å²) in [7, 11) is 0. The van der Waals surface area contributed by atoms with Crippen LogP contribution in [0.15, 0.2) is 6.07 Å². The van der Waals surface area contributed by atoms with Crippen molar-refractivity contribution in [2.24, 2.45) is 11.7 Å². The van der Waals surface area contributed by atoms with Crippen molar-refractivity contribution in [2.45, 2.75) is 52.6 Å². The van der Waals surface area contributed by atoms with Crippen molar-refractivity contribution in [3.8, 4) is 0 Å². The topological polar surface area (TPSA) is 30.9 Å². The Balaban J connectivity index is 2.27. The Morgan fingerprint density at radius 1 is 1.47 bits per heavy atom. The molecule has 1 saturated carbocycles. The first-order valence-corrected chi connectivity index (χ1v) is 5.93. The third kappa shape index (κ3) is 1.96. The van der Waals surface area contributed by atoms with E-state index >= 15 is 0 Å². The number of aromatic nitrogens is 1. The molecule has 0 aromatic carbocycles. The number of nitrogens with two attached hydrogens (primary N) is 1. The van der Waals surface area contributed by atoms with Gasteiger partial charge >= 0.3 is 0 Å². The maximum absolute atomic E-state index is 5.92. The van der Waals surface area contributed by atoms with Gasteiger partial charge in [0.05, 0.1) is 0 Å². The van der Waals surface area contributed by atoms with Gasteiger partial charge in [-0.05, 0) is 37.8 Å². The summed E-state index contributed by atoms with van der Waals surface area (Å²) in [5, 5.41) is 0. The van der Waals surface area contributed by atoms with Gasteiger partial charge in [-0.2, -0.15) is 0 Å². The van der Waals surface area contributed by atoms with E-state index in [1.54, 1.807) is 0 Å². The summed E-state index contributed by atoms with van der Waals surface area (Å²) in [6, 6.07) is 2.74. The Kier molecular flexibility index (Phi) is 2.63. The third-order valence-electron chi connectivity index (χ3n) is 3.40. The van der Waals surface area contributed by atoms with Crippen LogP contribution in [-0.2, 0) is 6.54 Å². The summed E-state index contributed by atoms with van der Waals surface area (Å²) >= 11 is 0. The smallest absolute Gasteiger partial charge is 0.0247 e. The zero-order valence-corrected chi connectivity index (χ0v) is 10.2. The van der Waals surface area contributed by atoms with Gasteiger partial charge in [-0.15, -0.1) is 0 Å². The zero-order valence-electron chi connectivity index (χ0n) is 10.2. The molecule has 1 fully saturated rings. The lowest BCUT2D eigenvalue weighted by Gasteiger charge is -2.12. The molecule has 0 aliphatic heterocycles. The maximum Gasteiger partial charge on any atom is 0.0247 e. The lowest BCUT2D eigenvalue weighted by Crippen LogP contribution is -2.08. The van der Waals surface area contributed by atoms with Crippen LogP contribution >= 0.6 is 0 Å². The van der Waals surface area contributed by atoms with E-state index in [-0.39, 0.29) is 0 Å². The van der Waals surface area contributed by atoms with Gasteiger partial charge < -0.3 is 10.3 Å². The molecule has 15 heavy (non-hydrogen) atoms. The van der Waals surface area contributed by atoms with Crippen LogP contribution in [-0.4, -0.2) is 10.6 Å². The van der Waals surface area contributed by atoms with Crippen LogP contribution in [0.3, 0.4) is 0 Å². The predicted molar refractivity (Wildman–Crippen MR) is 64.1 cm³/mol. The van der Waals surface area contributed by atoms with E-state index in [4.69, 9.17) is 5.73 Å². The van der Waals surface area contributed by atoms with Crippen molar-refractivity contribution in [2.75, 3.05) is 0 Å². The summed E-state index contributed by atoms with van der Waals surface area (Å²) in [5.41, 5.74) is 10.2. The molecule has 2 atom stereocenters. The van der Waals surface area contributed by atoms with Crippen molar-refractivity contribution in [1.29, 1.82) is 0 Å². The minimum absolute atomic E-state index is 0.415. The summed E-state index contributed by atoms with van der Waals surface area (Å²) in [4.78, 5) is 0. The number of hydrogen-bond acceptors (Lipinski definition) is 1. The Labute approximate surface area is 92.5 Å². The molecule has 1 aliphatic rings. The van der Waals surface area contributed by atoms with E-state index in [2.05, 4.69) is 38.3 Å². The molecule has 0 bridgehead atoms. The molecule has 1 aliphatic carbocycles. The SMILES string of the molecule is Cc1cc([C@@H]2C[C@H]2N)c(C)n1CC(C)C. The number of rotatable bonds is 3.